The number of thioether (sulfide) groups is 1. The molecule has 0 spiro atoms. The maximum atomic E-state index is 13.1. The zero-order valence-electron chi connectivity index (χ0n) is 17.8. The molecule has 1 aliphatic heterocycles. The van der Waals surface area contributed by atoms with Gasteiger partial charge in [-0.3, -0.25) is 14.5 Å². The monoisotopic (exact) mass is 477 g/mol. The smallest absolute Gasteiger partial charge is 0.293 e. The van der Waals surface area contributed by atoms with Gasteiger partial charge >= 0.3 is 0 Å². The summed E-state index contributed by atoms with van der Waals surface area (Å²) in [6, 6.07) is 17.1. The fourth-order valence-electron chi connectivity index (χ4n) is 3.58. The van der Waals surface area contributed by atoms with Crippen molar-refractivity contribution < 1.29 is 19.1 Å². The number of fused-ring (bicyclic) bond motifs is 1. The summed E-state index contributed by atoms with van der Waals surface area (Å²) in [5, 5.41) is 2.06. The van der Waals surface area contributed by atoms with Gasteiger partial charge in [0.2, 0.25) is 0 Å². The van der Waals surface area contributed by atoms with Gasteiger partial charge in [-0.05, 0) is 58.8 Å². The molecule has 33 heavy (non-hydrogen) atoms. The number of ether oxygens (including phenoxy) is 2. The molecule has 7 heteroatoms. The summed E-state index contributed by atoms with van der Waals surface area (Å²) in [5.41, 5.74) is 1.53. The minimum Gasteiger partial charge on any atom is -0.490 e. The number of imide groups is 1. The third-order valence-electron chi connectivity index (χ3n) is 5.01. The van der Waals surface area contributed by atoms with Gasteiger partial charge in [0.1, 0.15) is 6.61 Å². The van der Waals surface area contributed by atoms with E-state index in [2.05, 4.69) is 5.92 Å². The van der Waals surface area contributed by atoms with Crippen LogP contribution in [0.25, 0.3) is 16.8 Å². The third-order valence-corrected chi connectivity index (χ3v) is 6.20. The van der Waals surface area contributed by atoms with Crippen LogP contribution in [0.1, 0.15) is 18.1 Å². The molecule has 0 N–H and O–H groups in total. The molecule has 2 amide bonds. The molecule has 166 valence electrons. The number of halogens is 1. The lowest BCUT2D eigenvalue weighted by atomic mass is 10.0. The molecule has 0 atom stereocenters. The number of benzene rings is 3. The molecule has 0 aliphatic carbocycles. The summed E-state index contributed by atoms with van der Waals surface area (Å²) in [6.45, 7) is 2.48. The van der Waals surface area contributed by atoms with E-state index in [0.717, 1.165) is 28.1 Å². The van der Waals surface area contributed by atoms with Crippen molar-refractivity contribution in [2.75, 3.05) is 13.2 Å². The number of hydrogen-bond acceptors (Lipinski definition) is 5. The minimum absolute atomic E-state index is 0.0478. The van der Waals surface area contributed by atoms with Crippen molar-refractivity contribution in [1.82, 2.24) is 4.90 Å². The van der Waals surface area contributed by atoms with Crippen LogP contribution in [0.2, 0.25) is 5.02 Å². The SMILES string of the molecule is C#CCOc1c(Cl)cc(/C=C2/SC(=O)N(Cc3cccc4ccccc34)C2=O)cc1OCC. The molecule has 1 heterocycles. The molecular formula is C26H20ClNO4S. The van der Waals surface area contributed by atoms with Crippen molar-refractivity contribution in [3.63, 3.8) is 0 Å². The van der Waals surface area contributed by atoms with Crippen LogP contribution in [0.15, 0.2) is 59.5 Å². The highest BCUT2D eigenvalue weighted by molar-refractivity contribution is 8.18. The van der Waals surface area contributed by atoms with E-state index in [9.17, 15) is 9.59 Å². The van der Waals surface area contributed by atoms with E-state index in [4.69, 9.17) is 27.5 Å². The van der Waals surface area contributed by atoms with Crippen LogP contribution >= 0.6 is 23.4 Å². The summed E-state index contributed by atoms with van der Waals surface area (Å²) in [7, 11) is 0. The second kappa shape index (κ2) is 10.0. The highest BCUT2D eigenvalue weighted by atomic mass is 35.5. The van der Waals surface area contributed by atoms with E-state index in [0.29, 0.717) is 33.6 Å². The van der Waals surface area contributed by atoms with Gasteiger partial charge in [0, 0.05) is 0 Å². The average Bonchev–Trinajstić information content (AvgIpc) is 3.06. The summed E-state index contributed by atoms with van der Waals surface area (Å²) in [6.07, 6.45) is 6.90. The molecular weight excluding hydrogens is 458 g/mol. The highest BCUT2D eigenvalue weighted by Gasteiger charge is 2.35. The number of carbonyl (C=O) groups excluding carboxylic acids is 2. The Morgan fingerprint density at radius 1 is 1.12 bits per heavy atom. The summed E-state index contributed by atoms with van der Waals surface area (Å²) in [4.78, 5) is 27.3. The zero-order valence-corrected chi connectivity index (χ0v) is 19.4. The number of nitrogens with zero attached hydrogens (tertiary/aromatic N) is 1. The molecule has 1 aliphatic rings. The molecule has 0 unspecified atom stereocenters. The predicted octanol–water partition coefficient (Wildman–Crippen LogP) is 6.14. The van der Waals surface area contributed by atoms with E-state index in [1.807, 2.05) is 49.4 Å². The number of amides is 2. The number of terminal acetylenes is 1. The molecule has 1 fully saturated rings. The van der Waals surface area contributed by atoms with E-state index < -0.39 is 0 Å². The number of hydrogen-bond donors (Lipinski definition) is 0. The maximum absolute atomic E-state index is 13.1. The quantitative estimate of drug-likeness (QED) is 0.302. The van der Waals surface area contributed by atoms with Gasteiger partial charge in [-0.15, -0.1) is 6.42 Å². The van der Waals surface area contributed by atoms with E-state index in [1.165, 1.54) is 4.90 Å². The largest absolute Gasteiger partial charge is 0.490 e. The minimum atomic E-state index is -0.348. The molecule has 3 aromatic carbocycles. The molecule has 0 aromatic heterocycles. The first-order valence-electron chi connectivity index (χ1n) is 10.3. The lowest BCUT2D eigenvalue weighted by Crippen LogP contribution is -2.27. The average molecular weight is 478 g/mol. The number of carbonyl (C=O) groups is 2. The standard InChI is InChI=1S/C26H20ClNO4S/c1-3-12-32-24-21(27)13-17(14-22(24)31-4-2)15-23-25(29)28(26(30)33-23)16-19-10-7-9-18-8-5-6-11-20(18)19/h1,5-11,13-15H,4,12,16H2,2H3/b23-15+. The van der Waals surface area contributed by atoms with Crippen molar-refractivity contribution in [3.05, 3.63) is 75.7 Å². The van der Waals surface area contributed by atoms with Gasteiger partial charge in [0.05, 0.1) is 23.1 Å². The van der Waals surface area contributed by atoms with Gasteiger partial charge in [-0.2, -0.15) is 0 Å². The molecule has 5 nitrogen and oxygen atoms in total. The van der Waals surface area contributed by atoms with Crippen LogP contribution in [0, 0.1) is 12.3 Å². The normalized spacial score (nSPS) is 14.7. The Hall–Kier alpha value is -3.40. The zero-order chi connectivity index (χ0) is 23.4. The predicted molar refractivity (Wildman–Crippen MR) is 132 cm³/mol. The molecule has 0 bridgehead atoms. The van der Waals surface area contributed by atoms with Crippen LogP contribution in [-0.2, 0) is 11.3 Å². The van der Waals surface area contributed by atoms with Gasteiger partial charge in [-0.1, -0.05) is 60.0 Å². The lowest BCUT2D eigenvalue weighted by molar-refractivity contribution is -0.123. The Morgan fingerprint density at radius 2 is 1.91 bits per heavy atom. The van der Waals surface area contributed by atoms with E-state index in [1.54, 1.807) is 18.2 Å². The molecule has 0 radical (unpaired) electrons. The molecule has 1 saturated heterocycles. The van der Waals surface area contributed by atoms with E-state index >= 15 is 0 Å². The first-order chi connectivity index (χ1) is 16.0. The Labute approximate surface area is 201 Å². The Balaban J connectivity index is 1.62. The van der Waals surface area contributed by atoms with Crippen molar-refractivity contribution in [2.45, 2.75) is 13.5 Å². The Kier molecular flexibility index (Phi) is 6.93. The van der Waals surface area contributed by atoms with Crippen LogP contribution in [0.3, 0.4) is 0 Å². The van der Waals surface area contributed by atoms with Crippen LogP contribution in [0.5, 0.6) is 11.5 Å². The topological polar surface area (TPSA) is 55.8 Å². The first kappa shape index (κ1) is 22.8. The fraction of sp³-hybridized carbons (Fsp3) is 0.154. The van der Waals surface area contributed by atoms with Crippen molar-refractivity contribution in [1.29, 1.82) is 0 Å². The first-order valence-corrected chi connectivity index (χ1v) is 11.5. The van der Waals surface area contributed by atoms with Crippen LogP contribution in [-0.4, -0.2) is 29.3 Å². The Bertz CT molecular complexity index is 1310. The van der Waals surface area contributed by atoms with Crippen LogP contribution in [0.4, 0.5) is 4.79 Å². The van der Waals surface area contributed by atoms with E-state index in [-0.39, 0.29) is 24.3 Å². The van der Waals surface area contributed by atoms with Gasteiger partial charge < -0.3 is 9.47 Å². The highest BCUT2D eigenvalue weighted by Crippen LogP contribution is 2.39. The summed E-state index contributed by atoms with van der Waals surface area (Å²) < 4.78 is 11.1. The molecule has 3 aromatic rings. The fourth-order valence-corrected chi connectivity index (χ4v) is 4.69. The van der Waals surface area contributed by atoms with Crippen molar-refractivity contribution in [2.24, 2.45) is 0 Å². The number of rotatable bonds is 7. The molecule has 4 rings (SSSR count). The molecule has 0 saturated carbocycles. The van der Waals surface area contributed by atoms with Gasteiger partial charge in [0.15, 0.2) is 11.5 Å². The third kappa shape index (κ3) is 4.85. The summed E-state index contributed by atoms with van der Waals surface area (Å²) >= 11 is 7.28. The second-order valence-electron chi connectivity index (χ2n) is 7.16. The van der Waals surface area contributed by atoms with Gasteiger partial charge in [0.25, 0.3) is 11.1 Å². The maximum Gasteiger partial charge on any atom is 0.293 e. The van der Waals surface area contributed by atoms with Crippen LogP contribution < -0.4 is 9.47 Å². The Morgan fingerprint density at radius 3 is 2.70 bits per heavy atom. The summed E-state index contributed by atoms with van der Waals surface area (Å²) in [5.74, 6) is 2.81. The lowest BCUT2D eigenvalue weighted by Gasteiger charge is -2.14. The second-order valence-corrected chi connectivity index (χ2v) is 8.56. The van der Waals surface area contributed by atoms with Crippen molar-refractivity contribution in [3.8, 4) is 23.8 Å². The van der Waals surface area contributed by atoms with Crippen molar-refractivity contribution >= 4 is 51.4 Å². The van der Waals surface area contributed by atoms with Gasteiger partial charge in [-0.25, -0.2) is 0 Å².